The van der Waals surface area contributed by atoms with Crippen LogP contribution < -0.4 is 0 Å². The standard InChI is InChI=1S/C26H30N4O/c1-19-25(21(3)29(27-19)15-23-11-7-5-8-12-23)17-31-18-26-20(2)28-30(22(26)4)16-24-13-9-6-10-14-24/h5-14H,15-18H2,1-4H3. The molecule has 2 aromatic heterocycles. The van der Waals surface area contributed by atoms with Crippen LogP contribution in [0.25, 0.3) is 0 Å². The highest BCUT2D eigenvalue weighted by Gasteiger charge is 2.15. The molecule has 4 rings (SSSR count). The monoisotopic (exact) mass is 414 g/mol. The van der Waals surface area contributed by atoms with Crippen molar-refractivity contribution in [1.29, 1.82) is 0 Å². The molecule has 0 saturated carbocycles. The van der Waals surface area contributed by atoms with E-state index in [0.29, 0.717) is 13.2 Å². The van der Waals surface area contributed by atoms with E-state index in [-0.39, 0.29) is 0 Å². The summed E-state index contributed by atoms with van der Waals surface area (Å²) in [7, 11) is 0. The molecule has 0 atom stereocenters. The van der Waals surface area contributed by atoms with Gasteiger partial charge < -0.3 is 4.74 Å². The number of ether oxygens (including phenoxy) is 1. The summed E-state index contributed by atoms with van der Waals surface area (Å²) in [5.74, 6) is 0. The second-order valence-electron chi connectivity index (χ2n) is 8.08. The smallest absolute Gasteiger partial charge is 0.0757 e. The molecule has 4 aromatic rings. The fourth-order valence-corrected chi connectivity index (χ4v) is 3.96. The lowest BCUT2D eigenvalue weighted by Gasteiger charge is -2.08. The van der Waals surface area contributed by atoms with E-state index in [0.717, 1.165) is 35.9 Å². The predicted octanol–water partition coefficient (Wildman–Crippen LogP) is 5.13. The van der Waals surface area contributed by atoms with Crippen LogP contribution in [0.4, 0.5) is 0 Å². The van der Waals surface area contributed by atoms with Crippen LogP contribution in [-0.2, 0) is 31.0 Å². The molecule has 0 amide bonds. The van der Waals surface area contributed by atoms with Gasteiger partial charge in [0.25, 0.3) is 0 Å². The molecule has 5 nitrogen and oxygen atoms in total. The Morgan fingerprint density at radius 1 is 0.613 bits per heavy atom. The molecule has 160 valence electrons. The Morgan fingerprint density at radius 2 is 1.00 bits per heavy atom. The van der Waals surface area contributed by atoms with E-state index in [1.807, 2.05) is 12.1 Å². The van der Waals surface area contributed by atoms with E-state index < -0.39 is 0 Å². The van der Waals surface area contributed by atoms with Gasteiger partial charge in [-0.05, 0) is 38.8 Å². The summed E-state index contributed by atoms with van der Waals surface area (Å²) in [5, 5.41) is 9.47. The van der Waals surface area contributed by atoms with Crippen molar-refractivity contribution in [2.75, 3.05) is 0 Å². The largest absolute Gasteiger partial charge is 0.372 e. The first-order valence-corrected chi connectivity index (χ1v) is 10.7. The van der Waals surface area contributed by atoms with Crippen molar-refractivity contribution < 1.29 is 4.74 Å². The lowest BCUT2D eigenvalue weighted by atomic mass is 10.2. The number of hydrogen-bond donors (Lipinski definition) is 0. The Labute approximate surface area is 184 Å². The summed E-state index contributed by atoms with van der Waals surface area (Å²) < 4.78 is 10.3. The van der Waals surface area contributed by atoms with Gasteiger partial charge in [0.15, 0.2) is 0 Å². The average molecular weight is 415 g/mol. The van der Waals surface area contributed by atoms with Gasteiger partial charge in [-0.2, -0.15) is 10.2 Å². The summed E-state index contributed by atoms with van der Waals surface area (Å²) >= 11 is 0. The maximum absolute atomic E-state index is 6.15. The second-order valence-corrected chi connectivity index (χ2v) is 8.08. The minimum Gasteiger partial charge on any atom is -0.372 e. The van der Waals surface area contributed by atoms with Crippen molar-refractivity contribution in [2.45, 2.75) is 54.0 Å². The zero-order chi connectivity index (χ0) is 21.8. The fourth-order valence-electron chi connectivity index (χ4n) is 3.96. The van der Waals surface area contributed by atoms with Crippen molar-refractivity contribution in [2.24, 2.45) is 0 Å². The van der Waals surface area contributed by atoms with E-state index in [1.165, 1.54) is 22.3 Å². The van der Waals surface area contributed by atoms with Crippen LogP contribution in [0, 0.1) is 27.7 Å². The third-order valence-corrected chi connectivity index (χ3v) is 5.91. The lowest BCUT2D eigenvalue weighted by molar-refractivity contribution is 0.105. The maximum atomic E-state index is 6.15. The normalized spacial score (nSPS) is 11.2. The fraction of sp³-hybridized carbons (Fsp3) is 0.308. The van der Waals surface area contributed by atoms with Crippen LogP contribution in [-0.4, -0.2) is 19.6 Å². The van der Waals surface area contributed by atoms with Crippen LogP contribution in [0.3, 0.4) is 0 Å². The number of aromatic nitrogens is 4. The molecule has 0 spiro atoms. The van der Waals surface area contributed by atoms with Gasteiger partial charge in [0.1, 0.15) is 0 Å². The van der Waals surface area contributed by atoms with E-state index in [4.69, 9.17) is 14.9 Å². The molecular weight excluding hydrogens is 384 g/mol. The van der Waals surface area contributed by atoms with Gasteiger partial charge in [-0.1, -0.05) is 60.7 Å². The Hall–Kier alpha value is -3.18. The topological polar surface area (TPSA) is 44.9 Å². The maximum Gasteiger partial charge on any atom is 0.0757 e. The van der Waals surface area contributed by atoms with Crippen LogP contribution >= 0.6 is 0 Å². The van der Waals surface area contributed by atoms with Crippen LogP contribution in [0.15, 0.2) is 60.7 Å². The summed E-state index contributed by atoms with van der Waals surface area (Å²) in [6.45, 7) is 11.0. The van der Waals surface area contributed by atoms with E-state index >= 15 is 0 Å². The number of aryl methyl sites for hydroxylation is 2. The van der Waals surface area contributed by atoms with Gasteiger partial charge in [0.05, 0.1) is 37.7 Å². The number of nitrogens with zero attached hydrogens (tertiary/aromatic N) is 4. The average Bonchev–Trinajstić information content (AvgIpc) is 3.19. The van der Waals surface area contributed by atoms with Gasteiger partial charge in [0.2, 0.25) is 0 Å². The van der Waals surface area contributed by atoms with E-state index in [2.05, 4.69) is 85.6 Å². The first-order chi connectivity index (χ1) is 15.0. The van der Waals surface area contributed by atoms with Gasteiger partial charge in [-0.15, -0.1) is 0 Å². The molecule has 0 N–H and O–H groups in total. The number of benzene rings is 2. The van der Waals surface area contributed by atoms with Crippen LogP contribution in [0.5, 0.6) is 0 Å². The molecular formula is C26H30N4O. The van der Waals surface area contributed by atoms with E-state index in [9.17, 15) is 0 Å². The molecule has 0 aliphatic heterocycles. The number of hydrogen-bond acceptors (Lipinski definition) is 3. The molecule has 31 heavy (non-hydrogen) atoms. The Kier molecular flexibility index (Phi) is 6.33. The Bertz CT molecular complexity index is 1050. The minimum atomic E-state index is 0.551. The third-order valence-electron chi connectivity index (χ3n) is 5.91. The molecule has 0 unspecified atom stereocenters. The third kappa shape index (κ3) is 4.78. The first-order valence-electron chi connectivity index (χ1n) is 10.7. The predicted molar refractivity (Wildman–Crippen MR) is 123 cm³/mol. The van der Waals surface area contributed by atoms with Gasteiger partial charge in [-0.3, -0.25) is 9.36 Å². The van der Waals surface area contributed by atoms with Crippen molar-refractivity contribution in [3.05, 3.63) is 106 Å². The zero-order valence-corrected chi connectivity index (χ0v) is 18.8. The highest BCUT2D eigenvalue weighted by atomic mass is 16.5. The SMILES string of the molecule is Cc1nn(Cc2ccccc2)c(C)c1COCc1c(C)nn(Cc2ccccc2)c1C. The van der Waals surface area contributed by atoms with E-state index in [1.54, 1.807) is 0 Å². The Balaban J connectivity index is 1.42. The van der Waals surface area contributed by atoms with Crippen molar-refractivity contribution in [1.82, 2.24) is 19.6 Å². The van der Waals surface area contributed by atoms with Crippen LogP contribution in [0.1, 0.15) is 45.0 Å². The van der Waals surface area contributed by atoms with Crippen LogP contribution in [0.2, 0.25) is 0 Å². The zero-order valence-electron chi connectivity index (χ0n) is 18.8. The molecule has 0 saturated heterocycles. The highest BCUT2D eigenvalue weighted by molar-refractivity contribution is 5.27. The molecule has 0 radical (unpaired) electrons. The van der Waals surface area contributed by atoms with Gasteiger partial charge >= 0.3 is 0 Å². The summed E-state index contributed by atoms with van der Waals surface area (Å²) in [6.07, 6.45) is 0. The molecule has 0 aliphatic rings. The Morgan fingerprint density at radius 3 is 1.39 bits per heavy atom. The second kappa shape index (κ2) is 9.31. The molecule has 2 heterocycles. The first kappa shape index (κ1) is 21.1. The van der Waals surface area contributed by atoms with Crippen molar-refractivity contribution in [3.63, 3.8) is 0 Å². The summed E-state index contributed by atoms with van der Waals surface area (Å²) in [4.78, 5) is 0. The summed E-state index contributed by atoms with van der Waals surface area (Å²) in [5.41, 5.74) is 9.22. The molecule has 0 aliphatic carbocycles. The number of rotatable bonds is 8. The van der Waals surface area contributed by atoms with Crippen molar-refractivity contribution in [3.8, 4) is 0 Å². The molecule has 0 fully saturated rings. The quantitative estimate of drug-likeness (QED) is 0.402. The van der Waals surface area contributed by atoms with Gasteiger partial charge in [0, 0.05) is 22.5 Å². The van der Waals surface area contributed by atoms with Crippen molar-refractivity contribution >= 4 is 0 Å². The molecule has 0 bridgehead atoms. The van der Waals surface area contributed by atoms with Gasteiger partial charge in [-0.25, -0.2) is 0 Å². The summed E-state index contributed by atoms with van der Waals surface area (Å²) in [6, 6.07) is 20.8. The highest BCUT2D eigenvalue weighted by Crippen LogP contribution is 2.19. The minimum absolute atomic E-state index is 0.551. The lowest BCUT2D eigenvalue weighted by Crippen LogP contribution is -2.05. The molecule has 5 heteroatoms. The molecule has 2 aromatic carbocycles.